The largest absolute Gasteiger partial charge is 0.465 e. The van der Waals surface area contributed by atoms with E-state index < -0.39 is 10.0 Å². The second kappa shape index (κ2) is 6.64. The van der Waals surface area contributed by atoms with Crippen LogP contribution in [0.25, 0.3) is 0 Å². The van der Waals surface area contributed by atoms with Gasteiger partial charge in [-0.25, -0.2) is 8.42 Å². The van der Waals surface area contributed by atoms with Crippen LogP contribution in [0.3, 0.4) is 0 Å². The number of sulfonamides is 1. The zero-order valence-corrected chi connectivity index (χ0v) is 14.1. The molecule has 0 aliphatic heterocycles. The van der Waals surface area contributed by atoms with Gasteiger partial charge in [-0.3, -0.25) is 0 Å². The molecule has 8 heteroatoms. The number of hydrogen-bond donors (Lipinski definition) is 0. The predicted molar refractivity (Wildman–Crippen MR) is 80.8 cm³/mol. The first-order valence-corrected chi connectivity index (χ1v) is 8.36. The average molecular weight is 327 g/mol. The lowest BCUT2D eigenvalue weighted by atomic mass is 10.4. The number of likely N-dealkylation sites (N-methyl/N-ethyl adjacent to an activating group) is 1. The van der Waals surface area contributed by atoms with Crippen molar-refractivity contribution in [3.05, 3.63) is 35.6 Å². The van der Waals surface area contributed by atoms with Crippen molar-refractivity contribution in [1.82, 2.24) is 14.4 Å². The summed E-state index contributed by atoms with van der Waals surface area (Å²) in [5.41, 5.74) is 0. The maximum Gasteiger partial charge on any atom is 0.248 e. The monoisotopic (exact) mass is 327 g/mol. The van der Waals surface area contributed by atoms with E-state index in [4.69, 9.17) is 8.94 Å². The minimum Gasteiger partial charge on any atom is -0.465 e. The third-order valence-electron chi connectivity index (χ3n) is 3.25. The van der Waals surface area contributed by atoms with E-state index >= 15 is 0 Å². The fourth-order valence-electron chi connectivity index (χ4n) is 2.02. The van der Waals surface area contributed by atoms with E-state index in [1.807, 2.05) is 32.0 Å². The molecule has 2 aromatic rings. The summed E-state index contributed by atoms with van der Waals surface area (Å²) in [6, 6.07) is 3.60. The van der Waals surface area contributed by atoms with E-state index in [-0.39, 0.29) is 17.2 Å². The highest BCUT2D eigenvalue weighted by Crippen LogP contribution is 2.21. The van der Waals surface area contributed by atoms with Crippen LogP contribution in [0.15, 0.2) is 32.2 Å². The Bertz CT molecular complexity index is 718. The lowest BCUT2D eigenvalue weighted by Gasteiger charge is -2.22. The smallest absolute Gasteiger partial charge is 0.248 e. The lowest BCUT2D eigenvalue weighted by molar-refractivity contribution is 0.309. The molecular weight excluding hydrogens is 306 g/mol. The van der Waals surface area contributed by atoms with Crippen molar-refractivity contribution in [2.75, 3.05) is 27.2 Å². The Morgan fingerprint density at radius 3 is 2.41 bits per heavy atom. The first-order chi connectivity index (χ1) is 10.3. The topological polar surface area (TPSA) is 79.8 Å². The van der Waals surface area contributed by atoms with Gasteiger partial charge in [0.2, 0.25) is 10.0 Å². The van der Waals surface area contributed by atoms with Gasteiger partial charge in [-0.05, 0) is 40.1 Å². The Morgan fingerprint density at radius 1 is 1.18 bits per heavy atom. The van der Waals surface area contributed by atoms with Crippen molar-refractivity contribution in [3.8, 4) is 0 Å². The number of hydrogen-bond acceptors (Lipinski definition) is 6. The van der Waals surface area contributed by atoms with Gasteiger partial charge in [0.25, 0.3) is 0 Å². The van der Waals surface area contributed by atoms with Gasteiger partial charge >= 0.3 is 0 Å². The Labute approximate surface area is 130 Å². The Balaban J connectivity index is 2.29. The Morgan fingerprint density at radius 2 is 1.91 bits per heavy atom. The van der Waals surface area contributed by atoms with E-state index in [9.17, 15) is 8.42 Å². The molecule has 7 nitrogen and oxygen atoms in total. The zero-order chi connectivity index (χ0) is 16.3. The van der Waals surface area contributed by atoms with Crippen LogP contribution >= 0.6 is 0 Å². The molecule has 0 amide bonds. The molecule has 0 bridgehead atoms. The molecule has 0 aromatic carbocycles. The summed E-state index contributed by atoms with van der Waals surface area (Å²) in [6.45, 7) is 4.53. The molecular formula is C14H21N3O4S. The molecule has 122 valence electrons. The van der Waals surface area contributed by atoms with Crippen molar-refractivity contribution < 1.29 is 17.4 Å². The van der Waals surface area contributed by atoms with Gasteiger partial charge in [-0.15, -0.1) is 0 Å². The van der Waals surface area contributed by atoms with Gasteiger partial charge in [0.15, 0.2) is 5.76 Å². The molecule has 2 heterocycles. The summed E-state index contributed by atoms with van der Waals surface area (Å²) in [5, 5.41) is 3.56. The number of aromatic nitrogens is 1. The number of furan rings is 1. The first kappa shape index (κ1) is 16.7. The second-order valence-corrected chi connectivity index (χ2v) is 7.31. The van der Waals surface area contributed by atoms with Crippen LogP contribution in [0.2, 0.25) is 0 Å². The number of rotatable bonds is 7. The minimum atomic E-state index is -3.68. The normalized spacial score (nSPS) is 12.5. The molecule has 0 atom stereocenters. The molecule has 22 heavy (non-hydrogen) atoms. The van der Waals surface area contributed by atoms with Crippen LogP contribution in [0.5, 0.6) is 0 Å². The summed E-state index contributed by atoms with van der Waals surface area (Å²) in [6.07, 6.45) is 1.24. The van der Waals surface area contributed by atoms with Crippen LogP contribution < -0.4 is 0 Å². The summed E-state index contributed by atoms with van der Waals surface area (Å²) >= 11 is 0. The first-order valence-electron chi connectivity index (χ1n) is 6.92. The van der Waals surface area contributed by atoms with Gasteiger partial charge in [0.1, 0.15) is 16.4 Å². The van der Waals surface area contributed by atoms with Gasteiger partial charge in [0.05, 0.1) is 12.7 Å². The third kappa shape index (κ3) is 3.76. The van der Waals surface area contributed by atoms with Crippen molar-refractivity contribution in [2.24, 2.45) is 0 Å². The fourth-order valence-corrected chi connectivity index (χ4v) is 3.49. The highest BCUT2D eigenvalue weighted by molar-refractivity contribution is 7.89. The summed E-state index contributed by atoms with van der Waals surface area (Å²) < 4.78 is 37.4. The van der Waals surface area contributed by atoms with Crippen LogP contribution in [0, 0.1) is 13.8 Å². The Kier molecular flexibility index (Phi) is 5.05. The van der Waals surface area contributed by atoms with E-state index in [1.165, 1.54) is 10.5 Å². The molecule has 0 aliphatic carbocycles. The van der Waals surface area contributed by atoms with Crippen LogP contribution in [-0.2, 0) is 16.6 Å². The molecule has 2 aromatic heterocycles. The quantitative estimate of drug-likeness (QED) is 0.769. The van der Waals surface area contributed by atoms with Gasteiger partial charge in [0, 0.05) is 13.1 Å². The second-order valence-electron chi connectivity index (χ2n) is 5.40. The fraction of sp³-hybridized carbons (Fsp3) is 0.500. The zero-order valence-electron chi connectivity index (χ0n) is 13.2. The third-order valence-corrected chi connectivity index (χ3v) is 5.19. The van der Waals surface area contributed by atoms with Gasteiger partial charge in [-0.2, -0.15) is 4.31 Å². The van der Waals surface area contributed by atoms with E-state index in [1.54, 1.807) is 13.0 Å². The highest BCUT2D eigenvalue weighted by atomic mass is 32.2. The maximum atomic E-state index is 12.8. The molecule has 0 aliphatic rings. The van der Waals surface area contributed by atoms with Gasteiger partial charge < -0.3 is 13.8 Å². The van der Waals surface area contributed by atoms with E-state index in [2.05, 4.69) is 5.16 Å². The van der Waals surface area contributed by atoms with E-state index in [0.717, 1.165) is 5.76 Å². The SMILES string of the molecule is Cc1ccc(CN(CCN(C)C)S(=O)(=O)c2cnoc2C)o1. The molecule has 2 rings (SSSR count). The number of aryl methyl sites for hydroxylation is 2. The predicted octanol–water partition coefficient (Wildman–Crippen LogP) is 1.64. The summed E-state index contributed by atoms with van der Waals surface area (Å²) in [4.78, 5) is 2.02. The standard InChI is InChI=1S/C14H21N3O4S/c1-11-5-6-13(20-11)10-17(8-7-16(3)4)22(18,19)14-9-15-21-12(14)2/h5-6,9H,7-8,10H2,1-4H3. The highest BCUT2D eigenvalue weighted by Gasteiger charge is 2.29. The van der Waals surface area contributed by atoms with Gasteiger partial charge in [-0.1, -0.05) is 5.16 Å². The molecule has 0 fully saturated rings. The summed E-state index contributed by atoms with van der Waals surface area (Å²) in [7, 11) is 0.108. The molecule has 0 spiro atoms. The van der Waals surface area contributed by atoms with Crippen molar-refractivity contribution in [2.45, 2.75) is 25.3 Å². The van der Waals surface area contributed by atoms with Crippen molar-refractivity contribution in [3.63, 3.8) is 0 Å². The van der Waals surface area contributed by atoms with Crippen LogP contribution in [0.1, 0.15) is 17.3 Å². The lowest BCUT2D eigenvalue weighted by Crippen LogP contribution is -2.36. The molecule has 0 N–H and O–H groups in total. The maximum absolute atomic E-state index is 12.8. The molecule has 0 radical (unpaired) electrons. The summed E-state index contributed by atoms with van der Waals surface area (Å²) in [5.74, 6) is 1.64. The van der Waals surface area contributed by atoms with Crippen molar-refractivity contribution in [1.29, 1.82) is 0 Å². The molecule has 0 saturated carbocycles. The minimum absolute atomic E-state index is 0.0922. The number of nitrogens with zero attached hydrogens (tertiary/aromatic N) is 3. The average Bonchev–Trinajstić information content (AvgIpc) is 3.03. The molecule has 0 saturated heterocycles. The van der Waals surface area contributed by atoms with Crippen molar-refractivity contribution >= 4 is 10.0 Å². The Hall–Kier alpha value is -1.64. The van der Waals surface area contributed by atoms with E-state index in [0.29, 0.717) is 18.8 Å². The van der Waals surface area contributed by atoms with Crippen LogP contribution in [-0.4, -0.2) is 50.0 Å². The molecule has 0 unspecified atom stereocenters. The van der Waals surface area contributed by atoms with Crippen LogP contribution in [0.4, 0.5) is 0 Å².